The van der Waals surface area contributed by atoms with Gasteiger partial charge in [0.25, 0.3) is 0 Å². The van der Waals surface area contributed by atoms with Crippen LogP contribution in [-0.2, 0) is 14.8 Å². The highest BCUT2D eigenvalue weighted by molar-refractivity contribution is 7.89. The van der Waals surface area contributed by atoms with Gasteiger partial charge in [0, 0.05) is 18.8 Å². The van der Waals surface area contributed by atoms with E-state index < -0.39 is 15.9 Å². The molecule has 8 nitrogen and oxygen atoms in total. The first-order valence-electron chi connectivity index (χ1n) is 11.7. The van der Waals surface area contributed by atoms with Gasteiger partial charge in [0.1, 0.15) is 5.69 Å². The maximum atomic E-state index is 13.7. The summed E-state index contributed by atoms with van der Waals surface area (Å²) < 4.78 is 34.0. The highest BCUT2D eigenvalue weighted by Gasteiger charge is 2.37. The van der Waals surface area contributed by atoms with Crippen molar-refractivity contribution in [3.05, 3.63) is 76.2 Å². The number of hydrogen-bond acceptors (Lipinski definition) is 6. The fraction of sp³-hybridized carbons (Fsp3) is 0.296. The molecule has 2 heterocycles. The van der Waals surface area contributed by atoms with Crippen LogP contribution < -0.4 is 5.32 Å². The van der Waals surface area contributed by atoms with Gasteiger partial charge < -0.3 is 9.84 Å². The molecule has 186 valence electrons. The Morgan fingerprint density at radius 1 is 1.19 bits per heavy atom. The highest BCUT2D eigenvalue weighted by atomic mass is 32.2. The Labute approximate surface area is 211 Å². The zero-order chi connectivity index (χ0) is 25.9. The fourth-order valence-corrected chi connectivity index (χ4v) is 6.09. The number of aryl methyl sites for hydroxylation is 3. The fourth-order valence-electron chi connectivity index (χ4n) is 4.32. The summed E-state index contributed by atoms with van der Waals surface area (Å²) >= 11 is 0. The van der Waals surface area contributed by atoms with Gasteiger partial charge in [0.2, 0.25) is 15.9 Å². The van der Waals surface area contributed by atoms with Gasteiger partial charge in [-0.05, 0) is 69.0 Å². The van der Waals surface area contributed by atoms with E-state index in [4.69, 9.17) is 9.78 Å². The van der Waals surface area contributed by atoms with Gasteiger partial charge in [-0.15, -0.1) is 0 Å². The molecule has 3 aromatic rings. The van der Waals surface area contributed by atoms with Gasteiger partial charge in [-0.3, -0.25) is 4.79 Å². The molecule has 1 saturated heterocycles. The van der Waals surface area contributed by atoms with E-state index >= 15 is 0 Å². The third-order valence-corrected chi connectivity index (χ3v) is 8.32. The second-order valence-electron chi connectivity index (χ2n) is 9.04. The predicted molar refractivity (Wildman–Crippen MR) is 137 cm³/mol. The largest absolute Gasteiger partial charge is 0.355 e. The molecule has 0 aliphatic carbocycles. The average Bonchev–Trinajstić information content (AvgIpc) is 3.25. The van der Waals surface area contributed by atoms with Crippen molar-refractivity contribution in [3.63, 3.8) is 0 Å². The van der Waals surface area contributed by atoms with Gasteiger partial charge >= 0.3 is 0 Å². The van der Waals surface area contributed by atoms with Crippen LogP contribution in [0.25, 0.3) is 12.2 Å². The molecule has 0 radical (unpaired) electrons. The lowest BCUT2D eigenvalue weighted by molar-refractivity contribution is -0.120. The molecule has 1 aliphatic rings. The van der Waals surface area contributed by atoms with Crippen molar-refractivity contribution in [2.24, 2.45) is 5.92 Å². The summed E-state index contributed by atoms with van der Waals surface area (Å²) in [4.78, 5) is 12.9. The summed E-state index contributed by atoms with van der Waals surface area (Å²) in [5, 5.41) is 15.8. The number of anilines is 1. The SMILES string of the molecule is Cc1ccc(C)c(C=Cc2onc(C)c2S(=O)(=O)N2CCCC(C(=O)Nc3cccc(C#N)c3)C2)c1. The molecule has 1 atom stereocenters. The van der Waals surface area contributed by atoms with Gasteiger partial charge in [0.05, 0.1) is 17.6 Å². The first-order valence-corrected chi connectivity index (χ1v) is 13.2. The lowest BCUT2D eigenvalue weighted by atomic mass is 9.98. The van der Waals surface area contributed by atoms with Crippen molar-refractivity contribution in [1.29, 1.82) is 5.26 Å². The van der Waals surface area contributed by atoms with Crippen LogP contribution in [-0.4, -0.2) is 36.9 Å². The molecule has 1 unspecified atom stereocenters. The molecule has 36 heavy (non-hydrogen) atoms. The molecule has 2 aromatic carbocycles. The molecule has 1 N–H and O–H groups in total. The Morgan fingerprint density at radius 3 is 2.78 bits per heavy atom. The van der Waals surface area contributed by atoms with Gasteiger partial charge in [-0.2, -0.15) is 9.57 Å². The van der Waals surface area contributed by atoms with Crippen LogP contribution in [0.3, 0.4) is 0 Å². The summed E-state index contributed by atoms with van der Waals surface area (Å²) in [7, 11) is -3.95. The number of nitrogens with one attached hydrogen (secondary N) is 1. The van der Waals surface area contributed by atoms with E-state index in [2.05, 4.69) is 10.5 Å². The number of benzene rings is 2. The smallest absolute Gasteiger partial charge is 0.248 e. The summed E-state index contributed by atoms with van der Waals surface area (Å²) in [6.07, 6.45) is 4.57. The first kappa shape index (κ1) is 25.4. The van der Waals surface area contributed by atoms with E-state index in [-0.39, 0.29) is 28.8 Å². The quantitative estimate of drug-likeness (QED) is 0.521. The van der Waals surface area contributed by atoms with Crippen LogP contribution in [0, 0.1) is 38.0 Å². The number of nitriles is 1. The molecule has 1 aliphatic heterocycles. The molecule has 1 aromatic heterocycles. The second-order valence-corrected chi connectivity index (χ2v) is 10.9. The van der Waals surface area contributed by atoms with Gasteiger partial charge in [0.15, 0.2) is 10.7 Å². The number of carbonyl (C=O) groups excluding carboxylic acids is 1. The summed E-state index contributed by atoms with van der Waals surface area (Å²) in [6, 6.07) is 14.7. The molecule has 9 heteroatoms. The number of rotatable bonds is 6. The minimum absolute atomic E-state index is 0.0202. The molecule has 1 fully saturated rings. The van der Waals surface area contributed by atoms with E-state index in [1.54, 1.807) is 37.3 Å². The number of amides is 1. The molecular formula is C27H28N4O4S. The van der Waals surface area contributed by atoms with Crippen molar-refractivity contribution in [3.8, 4) is 6.07 Å². The van der Waals surface area contributed by atoms with Crippen LogP contribution in [0.1, 0.15) is 46.5 Å². The Morgan fingerprint density at radius 2 is 2.00 bits per heavy atom. The average molecular weight is 505 g/mol. The van der Waals surface area contributed by atoms with Crippen molar-refractivity contribution < 1.29 is 17.7 Å². The summed E-state index contributed by atoms with van der Waals surface area (Å²) in [6.45, 7) is 5.94. The highest BCUT2D eigenvalue weighted by Crippen LogP contribution is 2.30. The van der Waals surface area contributed by atoms with Gasteiger partial charge in [-0.1, -0.05) is 41.1 Å². The lowest BCUT2D eigenvalue weighted by Crippen LogP contribution is -2.43. The number of nitrogens with zero attached hydrogens (tertiary/aromatic N) is 3. The number of carbonyl (C=O) groups is 1. The van der Waals surface area contributed by atoms with Crippen LogP contribution in [0.5, 0.6) is 0 Å². The maximum absolute atomic E-state index is 13.7. The summed E-state index contributed by atoms with van der Waals surface area (Å²) in [5.41, 5.74) is 4.33. The molecular weight excluding hydrogens is 476 g/mol. The van der Waals surface area contributed by atoms with Crippen LogP contribution in [0.15, 0.2) is 51.9 Å². The Hall–Kier alpha value is -3.74. The van der Waals surface area contributed by atoms with Crippen LogP contribution in [0.2, 0.25) is 0 Å². The number of sulfonamides is 1. The number of piperidine rings is 1. The van der Waals surface area contributed by atoms with E-state index in [0.717, 1.165) is 16.7 Å². The van der Waals surface area contributed by atoms with E-state index in [0.29, 0.717) is 30.6 Å². The van der Waals surface area contributed by atoms with Crippen LogP contribution >= 0.6 is 0 Å². The van der Waals surface area contributed by atoms with E-state index in [9.17, 15) is 13.2 Å². The zero-order valence-corrected chi connectivity index (χ0v) is 21.3. The van der Waals surface area contributed by atoms with Crippen LogP contribution in [0.4, 0.5) is 5.69 Å². The monoisotopic (exact) mass is 504 g/mol. The molecule has 0 saturated carbocycles. The minimum atomic E-state index is -3.95. The van der Waals surface area contributed by atoms with Crippen molar-refractivity contribution in [2.45, 2.75) is 38.5 Å². The minimum Gasteiger partial charge on any atom is -0.355 e. The summed E-state index contributed by atoms with van der Waals surface area (Å²) in [5.74, 6) is -0.635. The Bertz CT molecular complexity index is 1470. The normalized spacial score (nSPS) is 16.7. The maximum Gasteiger partial charge on any atom is 0.248 e. The second kappa shape index (κ2) is 10.5. The standard InChI is InChI=1S/C27H28N4O4S/c1-18-9-10-19(2)22(14-18)11-12-25-26(20(3)30-35-25)36(33,34)31-13-5-7-23(17-31)27(32)29-24-8-4-6-21(15-24)16-28/h4,6,8-12,14-15,23H,5,7,13,17H2,1-3H3,(H,29,32). The van der Waals surface area contributed by atoms with Gasteiger partial charge in [-0.25, -0.2) is 8.42 Å². The zero-order valence-electron chi connectivity index (χ0n) is 20.5. The lowest BCUT2D eigenvalue weighted by Gasteiger charge is -2.31. The third-order valence-electron chi connectivity index (χ3n) is 6.29. The Balaban J connectivity index is 1.55. The van der Waals surface area contributed by atoms with Crippen molar-refractivity contribution in [1.82, 2.24) is 9.46 Å². The molecule has 1 amide bonds. The van der Waals surface area contributed by atoms with E-state index in [1.165, 1.54) is 4.31 Å². The number of aromatic nitrogens is 1. The molecule has 0 spiro atoms. The topological polar surface area (TPSA) is 116 Å². The first-order chi connectivity index (χ1) is 17.2. The number of hydrogen-bond donors (Lipinski definition) is 1. The third kappa shape index (κ3) is 5.40. The predicted octanol–water partition coefficient (Wildman–Crippen LogP) is 4.68. The van der Waals surface area contributed by atoms with E-state index in [1.807, 2.05) is 44.2 Å². The van der Waals surface area contributed by atoms with Crippen molar-refractivity contribution >= 4 is 33.8 Å². The Kier molecular flexibility index (Phi) is 7.38. The van der Waals surface area contributed by atoms with Crippen molar-refractivity contribution in [2.75, 3.05) is 18.4 Å². The molecule has 0 bridgehead atoms. The molecule has 4 rings (SSSR count).